The number of phenols is 1. The summed E-state index contributed by atoms with van der Waals surface area (Å²) in [5.41, 5.74) is 5.23. The smallest absolute Gasteiger partial charge is 0.412 e. The minimum absolute atomic E-state index is 0.00245. The summed E-state index contributed by atoms with van der Waals surface area (Å²) in [6.07, 6.45) is 1.71. The molecule has 0 spiro atoms. The molecule has 4 N–H and O–H groups in total. The highest BCUT2D eigenvalue weighted by Crippen LogP contribution is 2.33. The second-order valence-electron chi connectivity index (χ2n) is 5.47. The maximum absolute atomic E-state index is 12.3. The molecule has 0 aliphatic carbocycles. The van der Waals surface area contributed by atoms with Crippen LogP contribution in [0, 0.1) is 0 Å². The number of allylic oxidation sites excluding steroid dienone is 5. The fourth-order valence-electron chi connectivity index (χ4n) is 2.15. The number of rotatable bonds is 4. The van der Waals surface area contributed by atoms with E-state index in [-0.39, 0.29) is 17.0 Å². The van der Waals surface area contributed by atoms with Crippen LogP contribution in [-0.2, 0) is 0 Å². The van der Waals surface area contributed by atoms with Gasteiger partial charge in [-0.25, -0.2) is 0 Å². The molecule has 1 amide bonds. The van der Waals surface area contributed by atoms with E-state index in [0.717, 1.165) is 13.0 Å². The van der Waals surface area contributed by atoms with Crippen molar-refractivity contribution < 1.29 is 23.1 Å². The molecule has 0 saturated heterocycles. The lowest BCUT2D eigenvalue weighted by Gasteiger charge is -2.09. The maximum atomic E-state index is 12.3. The number of hydrogen-bond acceptors (Lipinski definition) is 3. The Hall–Kier alpha value is -3.22. The molecule has 2 rings (SSSR count). The number of nitrogen functional groups attached to an aromatic ring is 1. The molecule has 7 heteroatoms. The first kappa shape index (κ1) is 19.1. The van der Waals surface area contributed by atoms with Gasteiger partial charge in [-0.05, 0) is 24.5 Å². The van der Waals surface area contributed by atoms with Crippen molar-refractivity contribution in [2.24, 2.45) is 0 Å². The van der Waals surface area contributed by atoms with Crippen LogP contribution < -0.4 is 11.1 Å². The van der Waals surface area contributed by atoms with Gasteiger partial charge in [0.05, 0.1) is 11.3 Å². The first-order chi connectivity index (χ1) is 12.2. The first-order valence-corrected chi connectivity index (χ1v) is 7.60. The Balaban J connectivity index is 2.09. The van der Waals surface area contributed by atoms with E-state index < -0.39 is 17.7 Å². The number of fused-ring (bicyclic) bond motifs is 1. The quantitative estimate of drug-likeness (QED) is 0.428. The van der Waals surface area contributed by atoms with Crippen molar-refractivity contribution in [3.05, 3.63) is 72.0 Å². The van der Waals surface area contributed by atoms with Crippen LogP contribution in [0.3, 0.4) is 0 Å². The van der Waals surface area contributed by atoms with Gasteiger partial charge in [0.15, 0.2) is 5.75 Å². The Bertz CT molecular complexity index is 913. The average molecular weight is 362 g/mol. The second kappa shape index (κ2) is 7.77. The molecule has 0 aromatic heterocycles. The van der Waals surface area contributed by atoms with Gasteiger partial charge in [-0.2, -0.15) is 13.2 Å². The van der Waals surface area contributed by atoms with Crippen LogP contribution in [-0.4, -0.2) is 17.2 Å². The molecule has 0 radical (unpaired) electrons. The van der Waals surface area contributed by atoms with Gasteiger partial charge in [-0.1, -0.05) is 42.5 Å². The molecule has 0 saturated carbocycles. The third-order valence-electron chi connectivity index (χ3n) is 3.63. The lowest BCUT2D eigenvalue weighted by atomic mass is 10.0. The van der Waals surface area contributed by atoms with E-state index in [0.29, 0.717) is 10.8 Å². The first-order valence-electron chi connectivity index (χ1n) is 7.60. The SMILES string of the molecule is C\C(=C/C=C\C=C\NC(=O)c1cc2ccccc2c(N)c1O)C(F)(F)F. The minimum Gasteiger partial charge on any atom is -0.505 e. The summed E-state index contributed by atoms with van der Waals surface area (Å²) in [6, 6.07) is 8.54. The number of alkyl halides is 3. The third kappa shape index (κ3) is 4.44. The topological polar surface area (TPSA) is 75.4 Å². The van der Waals surface area contributed by atoms with E-state index in [4.69, 9.17) is 5.73 Å². The van der Waals surface area contributed by atoms with Crippen molar-refractivity contribution in [3.63, 3.8) is 0 Å². The van der Waals surface area contributed by atoms with Crippen molar-refractivity contribution in [3.8, 4) is 5.75 Å². The zero-order chi connectivity index (χ0) is 19.3. The summed E-state index contributed by atoms with van der Waals surface area (Å²) in [5, 5.41) is 13.9. The molecule has 0 unspecified atom stereocenters. The number of nitrogens with one attached hydrogen (secondary N) is 1. The van der Waals surface area contributed by atoms with Gasteiger partial charge < -0.3 is 16.2 Å². The molecule has 0 fully saturated rings. The number of carbonyl (C=O) groups excluding carboxylic acids is 1. The van der Waals surface area contributed by atoms with Gasteiger partial charge in [-0.3, -0.25) is 4.79 Å². The second-order valence-corrected chi connectivity index (χ2v) is 5.47. The normalized spacial score (nSPS) is 13.0. The van der Waals surface area contributed by atoms with Gasteiger partial charge in [0, 0.05) is 17.2 Å². The molecule has 0 atom stereocenters. The molecule has 4 nitrogen and oxygen atoms in total. The standard InChI is InChI=1S/C19H17F3N2O2/c1-12(19(20,21)22)7-3-2-6-10-24-18(26)15-11-13-8-4-5-9-14(13)16(23)17(15)25/h2-11,25H,23H2,1H3,(H,24,26)/b3-2-,10-6+,12-7+. The Morgan fingerprint density at radius 3 is 2.58 bits per heavy atom. The van der Waals surface area contributed by atoms with E-state index in [2.05, 4.69) is 5.32 Å². The maximum Gasteiger partial charge on any atom is 0.412 e. The number of halogens is 3. The van der Waals surface area contributed by atoms with E-state index in [1.165, 1.54) is 30.5 Å². The van der Waals surface area contributed by atoms with E-state index in [9.17, 15) is 23.1 Å². The average Bonchev–Trinajstić information content (AvgIpc) is 2.59. The van der Waals surface area contributed by atoms with Gasteiger partial charge in [0.1, 0.15) is 0 Å². The number of benzene rings is 2. The fourth-order valence-corrected chi connectivity index (χ4v) is 2.15. The zero-order valence-corrected chi connectivity index (χ0v) is 13.8. The van der Waals surface area contributed by atoms with E-state index >= 15 is 0 Å². The predicted molar refractivity (Wildman–Crippen MR) is 95.6 cm³/mol. The summed E-state index contributed by atoms with van der Waals surface area (Å²) in [4.78, 5) is 12.2. The van der Waals surface area contributed by atoms with Gasteiger partial charge in [0.2, 0.25) is 0 Å². The van der Waals surface area contributed by atoms with Crippen LogP contribution in [0.25, 0.3) is 10.8 Å². The van der Waals surface area contributed by atoms with Gasteiger partial charge >= 0.3 is 6.18 Å². The van der Waals surface area contributed by atoms with Crippen LogP contribution in [0.2, 0.25) is 0 Å². The molecule has 0 heterocycles. The van der Waals surface area contributed by atoms with Crippen molar-refractivity contribution in [2.45, 2.75) is 13.1 Å². The van der Waals surface area contributed by atoms with Gasteiger partial charge in [-0.15, -0.1) is 0 Å². The van der Waals surface area contributed by atoms with E-state index in [1.54, 1.807) is 24.3 Å². The highest BCUT2D eigenvalue weighted by molar-refractivity contribution is 6.07. The van der Waals surface area contributed by atoms with Crippen LogP contribution >= 0.6 is 0 Å². The number of amides is 1. The van der Waals surface area contributed by atoms with Crippen molar-refractivity contribution in [1.82, 2.24) is 5.32 Å². The lowest BCUT2D eigenvalue weighted by Crippen LogP contribution is -2.17. The number of anilines is 1. The summed E-state index contributed by atoms with van der Waals surface area (Å²) in [7, 11) is 0. The summed E-state index contributed by atoms with van der Waals surface area (Å²) < 4.78 is 36.9. The van der Waals surface area contributed by atoms with Crippen molar-refractivity contribution in [2.75, 3.05) is 5.73 Å². The third-order valence-corrected chi connectivity index (χ3v) is 3.63. The monoisotopic (exact) mass is 362 g/mol. The van der Waals surface area contributed by atoms with Crippen LogP contribution in [0.15, 0.2) is 66.4 Å². The van der Waals surface area contributed by atoms with Crippen molar-refractivity contribution >= 4 is 22.4 Å². The molecule has 0 aliphatic heterocycles. The number of nitrogens with two attached hydrogens (primary N) is 1. The highest BCUT2D eigenvalue weighted by Gasteiger charge is 2.29. The van der Waals surface area contributed by atoms with Crippen LogP contribution in [0.4, 0.5) is 18.9 Å². The Kier molecular flexibility index (Phi) is 5.71. The number of carbonyl (C=O) groups is 1. The Morgan fingerprint density at radius 2 is 1.88 bits per heavy atom. The molecule has 2 aromatic carbocycles. The van der Waals surface area contributed by atoms with E-state index in [1.807, 2.05) is 0 Å². The van der Waals surface area contributed by atoms with Crippen LogP contribution in [0.5, 0.6) is 5.75 Å². The number of phenolic OH excluding ortho intramolecular Hbond substituents is 1. The van der Waals surface area contributed by atoms with Crippen LogP contribution in [0.1, 0.15) is 17.3 Å². The molecule has 0 aliphatic rings. The lowest BCUT2D eigenvalue weighted by molar-refractivity contribution is -0.0913. The van der Waals surface area contributed by atoms with Gasteiger partial charge in [0.25, 0.3) is 5.91 Å². The summed E-state index contributed by atoms with van der Waals surface area (Å²) in [5.74, 6) is -0.916. The van der Waals surface area contributed by atoms with Crippen molar-refractivity contribution in [1.29, 1.82) is 0 Å². The summed E-state index contributed by atoms with van der Waals surface area (Å²) in [6.45, 7) is 0.961. The largest absolute Gasteiger partial charge is 0.505 e. The molecule has 26 heavy (non-hydrogen) atoms. The number of hydrogen-bond donors (Lipinski definition) is 3. The molecular weight excluding hydrogens is 345 g/mol. The fraction of sp³-hybridized carbons (Fsp3) is 0.105. The minimum atomic E-state index is -4.37. The molecule has 0 bridgehead atoms. The molecule has 2 aromatic rings. The predicted octanol–water partition coefficient (Wildman–Crippen LogP) is 4.44. The molecular formula is C19H17F3N2O2. The Morgan fingerprint density at radius 1 is 1.19 bits per heavy atom. The zero-order valence-electron chi connectivity index (χ0n) is 13.8. The molecule has 136 valence electrons. The summed E-state index contributed by atoms with van der Waals surface area (Å²) >= 11 is 0. The highest BCUT2D eigenvalue weighted by atomic mass is 19.4. The Labute approximate surface area is 148 Å². The number of aromatic hydroxyl groups is 1.